The molecule has 1 aliphatic heterocycles. The highest BCUT2D eigenvalue weighted by molar-refractivity contribution is 7.11. The molecule has 19 heavy (non-hydrogen) atoms. The van der Waals surface area contributed by atoms with Gasteiger partial charge in [-0.15, -0.1) is 11.3 Å². The van der Waals surface area contributed by atoms with Crippen LogP contribution in [0.1, 0.15) is 54.7 Å². The fourth-order valence-electron chi connectivity index (χ4n) is 3.03. The van der Waals surface area contributed by atoms with Crippen molar-refractivity contribution in [1.29, 1.82) is 0 Å². The number of likely N-dealkylation sites (tertiary alicyclic amines) is 1. The third kappa shape index (κ3) is 4.26. The minimum atomic E-state index is 0.352. The Morgan fingerprint density at radius 3 is 2.47 bits per heavy atom. The molecule has 1 saturated heterocycles. The van der Waals surface area contributed by atoms with E-state index in [1.165, 1.54) is 47.9 Å². The SMILES string of the molecule is Cc1nc(C(C)NC(C)CN2CCCCC2)c(C)s1. The fourth-order valence-corrected chi connectivity index (χ4v) is 3.95. The van der Waals surface area contributed by atoms with E-state index in [1.54, 1.807) is 11.3 Å². The average Bonchev–Trinajstić information content (AvgIpc) is 2.69. The van der Waals surface area contributed by atoms with Crippen molar-refractivity contribution < 1.29 is 0 Å². The maximum atomic E-state index is 4.65. The third-order valence-electron chi connectivity index (χ3n) is 3.86. The Morgan fingerprint density at radius 2 is 1.89 bits per heavy atom. The molecule has 2 unspecified atom stereocenters. The summed E-state index contributed by atoms with van der Waals surface area (Å²) >= 11 is 1.80. The lowest BCUT2D eigenvalue weighted by Crippen LogP contribution is -2.42. The van der Waals surface area contributed by atoms with Gasteiger partial charge in [0.15, 0.2) is 0 Å². The summed E-state index contributed by atoms with van der Waals surface area (Å²) in [7, 11) is 0. The van der Waals surface area contributed by atoms with Crippen molar-refractivity contribution in [3.8, 4) is 0 Å². The summed E-state index contributed by atoms with van der Waals surface area (Å²) in [6, 6.07) is 0.874. The fraction of sp³-hybridized carbons (Fsp3) is 0.800. The number of aryl methyl sites for hydroxylation is 2. The van der Waals surface area contributed by atoms with Gasteiger partial charge in [0, 0.05) is 23.5 Å². The van der Waals surface area contributed by atoms with Gasteiger partial charge in [0.1, 0.15) is 0 Å². The number of piperidine rings is 1. The molecule has 2 heterocycles. The summed E-state index contributed by atoms with van der Waals surface area (Å²) < 4.78 is 0. The number of thiazole rings is 1. The Bertz CT molecular complexity index is 396. The van der Waals surface area contributed by atoms with E-state index in [0.29, 0.717) is 12.1 Å². The summed E-state index contributed by atoms with van der Waals surface area (Å²) in [6.45, 7) is 12.5. The highest BCUT2D eigenvalue weighted by Crippen LogP contribution is 2.22. The maximum absolute atomic E-state index is 4.65. The summed E-state index contributed by atoms with van der Waals surface area (Å²) in [6.07, 6.45) is 4.14. The van der Waals surface area contributed by atoms with Crippen molar-refractivity contribution in [1.82, 2.24) is 15.2 Å². The molecule has 1 aromatic rings. The van der Waals surface area contributed by atoms with Gasteiger partial charge in [0.25, 0.3) is 0 Å². The number of aromatic nitrogens is 1. The van der Waals surface area contributed by atoms with Crippen LogP contribution in [0.25, 0.3) is 0 Å². The van der Waals surface area contributed by atoms with Crippen molar-refractivity contribution in [2.45, 2.75) is 59.0 Å². The second-order valence-electron chi connectivity index (χ2n) is 5.82. The van der Waals surface area contributed by atoms with E-state index in [4.69, 9.17) is 0 Å². The lowest BCUT2D eigenvalue weighted by Gasteiger charge is -2.30. The van der Waals surface area contributed by atoms with E-state index < -0.39 is 0 Å². The smallest absolute Gasteiger partial charge is 0.0900 e. The van der Waals surface area contributed by atoms with Gasteiger partial charge in [0.2, 0.25) is 0 Å². The maximum Gasteiger partial charge on any atom is 0.0900 e. The molecular formula is C15H27N3S. The molecule has 0 saturated carbocycles. The first-order chi connectivity index (χ1) is 9.06. The average molecular weight is 281 g/mol. The summed E-state index contributed by atoms with van der Waals surface area (Å²) in [4.78, 5) is 8.59. The molecule has 1 fully saturated rings. The molecule has 0 spiro atoms. The van der Waals surface area contributed by atoms with Crippen LogP contribution in [-0.4, -0.2) is 35.6 Å². The minimum Gasteiger partial charge on any atom is -0.305 e. The van der Waals surface area contributed by atoms with E-state index in [9.17, 15) is 0 Å². The first kappa shape index (κ1) is 14.9. The van der Waals surface area contributed by atoms with Crippen molar-refractivity contribution >= 4 is 11.3 Å². The summed E-state index contributed by atoms with van der Waals surface area (Å²) in [5.74, 6) is 0. The molecule has 0 radical (unpaired) electrons. The third-order valence-corrected chi connectivity index (χ3v) is 4.77. The molecule has 2 atom stereocenters. The van der Waals surface area contributed by atoms with Gasteiger partial charge < -0.3 is 10.2 Å². The van der Waals surface area contributed by atoms with Crippen LogP contribution in [0.4, 0.5) is 0 Å². The predicted molar refractivity (Wildman–Crippen MR) is 82.9 cm³/mol. The quantitative estimate of drug-likeness (QED) is 0.897. The standard InChI is InChI=1S/C15H27N3S/c1-11(10-18-8-6-5-7-9-18)16-12(2)15-13(3)19-14(4)17-15/h11-12,16H,5-10H2,1-4H3. The molecule has 0 aliphatic carbocycles. The number of rotatable bonds is 5. The molecule has 1 aliphatic rings. The molecule has 2 rings (SSSR count). The van der Waals surface area contributed by atoms with Crippen LogP contribution in [-0.2, 0) is 0 Å². The van der Waals surface area contributed by atoms with E-state index in [0.717, 1.165) is 6.54 Å². The van der Waals surface area contributed by atoms with Crippen LogP contribution >= 0.6 is 11.3 Å². The van der Waals surface area contributed by atoms with Crippen molar-refractivity contribution in [3.63, 3.8) is 0 Å². The van der Waals surface area contributed by atoms with Crippen LogP contribution < -0.4 is 5.32 Å². The van der Waals surface area contributed by atoms with Crippen LogP contribution in [0.3, 0.4) is 0 Å². The number of nitrogens with one attached hydrogen (secondary N) is 1. The normalized spacial score (nSPS) is 20.4. The summed E-state index contributed by atoms with van der Waals surface area (Å²) in [5, 5.41) is 4.87. The van der Waals surface area contributed by atoms with Gasteiger partial charge >= 0.3 is 0 Å². The van der Waals surface area contributed by atoms with Crippen LogP contribution in [0.2, 0.25) is 0 Å². The zero-order valence-corrected chi connectivity index (χ0v) is 13.5. The van der Waals surface area contributed by atoms with Crippen molar-refractivity contribution in [2.75, 3.05) is 19.6 Å². The summed E-state index contributed by atoms with van der Waals surface area (Å²) in [5.41, 5.74) is 1.23. The lowest BCUT2D eigenvalue weighted by atomic mass is 10.1. The highest BCUT2D eigenvalue weighted by Gasteiger charge is 2.18. The molecule has 1 N–H and O–H groups in total. The Hall–Kier alpha value is -0.450. The number of hydrogen-bond acceptors (Lipinski definition) is 4. The van der Waals surface area contributed by atoms with Gasteiger partial charge in [-0.1, -0.05) is 6.42 Å². The lowest BCUT2D eigenvalue weighted by molar-refractivity contribution is 0.205. The van der Waals surface area contributed by atoms with Gasteiger partial charge in [0.05, 0.1) is 10.7 Å². The first-order valence-electron chi connectivity index (χ1n) is 7.48. The van der Waals surface area contributed by atoms with Gasteiger partial charge in [-0.3, -0.25) is 0 Å². The Labute approximate surface area is 121 Å². The highest BCUT2D eigenvalue weighted by atomic mass is 32.1. The van der Waals surface area contributed by atoms with Gasteiger partial charge in [-0.25, -0.2) is 4.98 Å². The second kappa shape index (κ2) is 6.82. The largest absolute Gasteiger partial charge is 0.305 e. The Balaban J connectivity index is 1.84. The second-order valence-corrected chi connectivity index (χ2v) is 7.23. The first-order valence-corrected chi connectivity index (χ1v) is 8.30. The Morgan fingerprint density at radius 1 is 1.21 bits per heavy atom. The van der Waals surface area contributed by atoms with Crippen molar-refractivity contribution in [3.05, 3.63) is 15.6 Å². The van der Waals surface area contributed by atoms with Crippen LogP contribution in [0.5, 0.6) is 0 Å². The molecule has 3 nitrogen and oxygen atoms in total. The topological polar surface area (TPSA) is 28.2 Å². The minimum absolute atomic E-state index is 0.352. The number of hydrogen-bond donors (Lipinski definition) is 1. The van der Waals surface area contributed by atoms with Crippen LogP contribution in [0.15, 0.2) is 0 Å². The predicted octanol–water partition coefficient (Wildman–Crippen LogP) is 3.28. The Kier molecular flexibility index (Phi) is 5.37. The van der Waals surface area contributed by atoms with E-state index in [2.05, 4.69) is 42.9 Å². The van der Waals surface area contributed by atoms with Gasteiger partial charge in [-0.05, 0) is 53.6 Å². The zero-order valence-electron chi connectivity index (χ0n) is 12.7. The molecule has 108 valence electrons. The van der Waals surface area contributed by atoms with Crippen LogP contribution in [0, 0.1) is 13.8 Å². The van der Waals surface area contributed by atoms with Crippen molar-refractivity contribution in [2.24, 2.45) is 0 Å². The molecule has 0 amide bonds. The van der Waals surface area contributed by atoms with E-state index in [1.807, 2.05) is 0 Å². The zero-order chi connectivity index (χ0) is 13.8. The molecule has 0 aromatic carbocycles. The number of nitrogens with zero attached hydrogens (tertiary/aromatic N) is 2. The van der Waals surface area contributed by atoms with E-state index >= 15 is 0 Å². The van der Waals surface area contributed by atoms with E-state index in [-0.39, 0.29) is 0 Å². The van der Waals surface area contributed by atoms with Gasteiger partial charge in [-0.2, -0.15) is 0 Å². The molecular weight excluding hydrogens is 254 g/mol. The monoisotopic (exact) mass is 281 g/mol. The molecule has 1 aromatic heterocycles. The molecule has 0 bridgehead atoms. The molecule has 4 heteroatoms.